The highest BCUT2D eigenvalue weighted by Crippen LogP contribution is 2.22. The molecule has 0 aromatic heterocycles. The Morgan fingerprint density at radius 1 is 1.10 bits per heavy atom. The zero-order valence-corrected chi connectivity index (χ0v) is 11.9. The van der Waals surface area contributed by atoms with E-state index in [1.165, 1.54) is 4.90 Å². The molecule has 0 aliphatic carbocycles. The number of rotatable bonds is 3. The third-order valence-electron chi connectivity index (χ3n) is 3.83. The molecular formula is C14H18ClN3O2. The molecule has 0 radical (unpaired) electrons. The molecule has 1 unspecified atom stereocenters. The highest BCUT2D eigenvalue weighted by molar-refractivity contribution is 6.21. The number of nitrogens with two attached hydrogens (primary N) is 1. The molecule has 0 bridgehead atoms. The molecule has 1 saturated heterocycles. The monoisotopic (exact) mass is 295 g/mol. The van der Waals surface area contributed by atoms with Crippen LogP contribution in [0.1, 0.15) is 27.1 Å². The summed E-state index contributed by atoms with van der Waals surface area (Å²) < 4.78 is 0. The van der Waals surface area contributed by atoms with Crippen LogP contribution in [0.2, 0.25) is 0 Å². The second kappa shape index (κ2) is 5.91. The summed E-state index contributed by atoms with van der Waals surface area (Å²) in [6.07, 6.45) is 0.988. The summed E-state index contributed by atoms with van der Waals surface area (Å²) in [5.41, 5.74) is 6.88. The van der Waals surface area contributed by atoms with Gasteiger partial charge in [-0.1, -0.05) is 12.1 Å². The van der Waals surface area contributed by atoms with Crippen molar-refractivity contribution in [1.82, 2.24) is 9.80 Å². The van der Waals surface area contributed by atoms with Crippen molar-refractivity contribution in [2.75, 3.05) is 26.2 Å². The van der Waals surface area contributed by atoms with Crippen LogP contribution in [0.25, 0.3) is 0 Å². The molecule has 2 N–H and O–H groups in total. The lowest BCUT2D eigenvalue weighted by molar-refractivity contribution is 0.0640. The Morgan fingerprint density at radius 2 is 1.70 bits per heavy atom. The van der Waals surface area contributed by atoms with Crippen molar-refractivity contribution >= 4 is 24.2 Å². The number of imide groups is 1. The average molecular weight is 296 g/mol. The van der Waals surface area contributed by atoms with Gasteiger partial charge in [-0.3, -0.25) is 19.4 Å². The predicted octanol–water partition coefficient (Wildman–Crippen LogP) is 0.737. The molecule has 2 amide bonds. The van der Waals surface area contributed by atoms with E-state index in [0.717, 1.165) is 19.5 Å². The van der Waals surface area contributed by atoms with Crippen LogP contribution in [0, 0.1) is 0 Å². The fourth-order valence-corrected chi connectivity index (χ4v) is 2.75. The molecule has 1 aromatic rings. The van der Waals surface area contributed by atoms with Gasteiger partial charge in [0.15, 0.2) is 0 Å². The number of halogens is 1. The van der Waals surface area contributed by atoms with Crippen LogP contribution in [0.4, 0.5) is 0 Å². The Balaban J connectivity index is 0.00000147. The average Bonchev–Trinajstić information content (AvgIpc) is 2.93. The smallest absolute Gasteiger partial charge is 0.261 e. The minimum atomic E-state index is -0.177. The van der Waals surface area contributed by atoms with E-state index in [4.69, 9.17) is 5.73 Å². The Hall–Kier alpha value is -1.43. The number of nitrogens with zero attached hydrogens (tertiary/aromatic N) is 2. The van der Waals surface area contributed by atoms with Gasteiger partial charge in [0.25, 0.3) is 11.8 Å². The van der Waals surface area contributed by atoms with Gasteiger partial charge in [0.05, 0.1) is 11.1 Å². The van der Waals surface area contributed by atoms with Crippen LogP contribution in [-0.4, -0.2) is 53.8 Å². The standard InChI is InChI=1S/C14H17N3O2.ClH/c15-10-5-6-16(9-10)7-8-17-13(18)11-3-1-2-4-12(11)14(17)19;/h1-4,10H,5-9,15H2;1H. The Labute approximate surface area is 124 Å². The molecule has 2 aliphatic rings. The summed E-state index contributed by atoms with van der Waals surface area (Å²) in [6.45, 7) is 2.95. The number of hydrogen-bond donors (Lipinski definition) is 1. The molecule has 1 fully saturated rings. The number of likely N-dealkylation sites (tertiary alicyclic amines) is 1. The van der Waals surface area contributed by atoms with E-state index in [9.17, 15) is 9.59 Å². The predicted molar refractivity (Wildman–Crippen MR) is 78.1 cm³/mol. The maximum atomic E-state index is 12.1. The first-order chi connectivity index (χ1) is 9.16. The number of fused-ring (bicyclic) bond motifs is 1. The minimum absolute atomic E-state index is 0. The van der Waals surface area contributed by atoms with Gasteiger partial charge in [-0.2, -0.15) is 0 Å². The van der Waals surface area contributed by atoms with Crippen LogP contribution in [0.15, 0.2) is 24.3 Å². The van der Waals surface area contributed by atoms with E-state index in [1.807, 2.05) is 0 Å². The maximum absolute atomic E-state index is 12.1. The number of carbonyl (C=O) groups excluding carboxylic acids is 2. The van der Waals surface area contributed by atoms with Gasteiger partial charge >= 0.3 is 0 Å². The zero-order chi connectivity index (χ0) is 13.4. The minimum Gasteiger partial charge on any atom is -0.326 e. The van der Waals surface area contributed by atoms with Crippen molar-refractivity contribution < 1.29 is 9.59 Å². The van der Waals surface area contributed by atoms with E-state index in [1.54, 1.807) is 24.3 Å². The molecule has 1 atom stereocenters. The SMILES string of the molecule is Cl.NC1CCN(CCN2C(=O)c3ccccc3C2=O)C1. The van der Waals surface area contributed by atoms with Gasteiger partial charge in [-0.05, 0) is 25.1 Å². The highest BCUT2D eigenvalue weighted by Gasteiger charge is 2.35. The van der Waals surface area contributed by atoms with Crippen LogP contribution in [-0.2, 0) is 0 Å². The Morgan fingerprint density at radius 3 is 2.20 bits per heavy atom. The van der Waals surface area contributed by atoms with Crippen LogP contribution >= 0.6 is 12.4 Å². The quantitative estimate of drug-likeness (QED) is 0.835. The summed E-state index contributed by atoms with van der Waals surface area (Å²) in [4.78, 5) is 27.8. The summed E-state index contributed by atoms with van der Waals surface area (Å²) in [5, 5.41) is 0. The molecule has 2 aliphatic heterocycles. The van der Waals surface area contributed by atoms with Gasteiger partial charge in [-0.15, -0.1) is 12.4 Å². The summed E-state index contributed by atoms with van der Waals surface area (Å²) >= 11 is 0. The molecule has 2 heterocycles. The third kappa shape index (κ3) is 2.57. The first-order valence-corrected chi connectivity index (χ1v) is 6.60. The summed E-state index contributed by atoms with van der Waals surface area (Å²) in [5.74, 6) is -0.354. The van der Waals surface area contributed by atoms with Crippen LogP contribution in [0.5, 0.6) is 0 Å². The van der Waals surface area contributed by atoms with Gasteiger partial charge in [0, 0.05) is 25.7 Å². The number of carbonyl (C=O) groups is 2. The first kappa shape index (κ1) is 15.0. The Kier molecular flexibility index (Phi) is 4.42. The van der Waals surface area contributed by atoms with E-state index in [0.29, 0.717) is 24.2 Å². The van der Waals surface area contributed by atoms with Gasteiger partial charge in [0.2, 0.25) is 0 Å². The fourth-order valence-electron chi connectivity index (χ4n) is 2.75. The number of hydrogen-bond acceptors (Lipinski definition) is 4. The lowest BCUT2D eigenvalue weighted by Crippen LogP contribution is -2.38. The molecule has 3 rings (SSSR count). The molecule has 0 saturated carbocycles. The molecule has 6 heteroatoms. The molecule has 1 aromatic carbocycles. The normalized spacial score (nSPS) is 22.1. The highest BCUT2D eigenvalue weighted by atomic mass is 35.5. The summed E-state index contributed by atoms with van der Waals surface area (Å²) in [7, 11) is 0. The van der Waals surface area contributed by atoms with Crippen LogP contribution < -0.4 is 5.73 Å². The van der Waals surface area contributed by atoms with Crippen molar-refractivity contribution in [2.45, 2.75) is 12.5 Å². The van der Waals surface area contributed by atoms with Crippen molar-refractivity contribution in [1.29, 1.82) is 0 Å². The maximum Gasteiger partial charge on any atom is 0.261 e. The third-order valence-corrected chi connectivity index (χ3v) is 3.83. The zero-order valence-electron chi connectivity index (χ0n) is 11.1. The molecular weight excluding hydrogens is 278 g/mol. The van der Waals surface area contributed by atoms with Gasteiger partial charge < -0.3 is 5.73 Å². The van der Waals surface area contributed by atoms with E-state index in [-0.39, 0.29) is 30.3 Å². The first-order valence-electron chi connectivity index (χ1n) is 6.60. The van der Waals surface area contributed by atoms with Gasteiger partial charge in [-0.25, -0.2) is 0 Å². The summed E-state index contributed by atoms with van der Waals surface area (Å²) in [6, 6.07) is 7.21. The van der Waals surface area contributed by atoms with Crippen molar-refractivity contribution in [3.8, 4) is 0 Å². The lowest BCUT2D eigenvalue weighted by Gasteiger charge is -2.19. The molecule has 0 spiro atoms. The van der Waals surface area contributed by atoms with E-state index < -0.39 is 0 Å². The van der Waals surface area contributed by atoms with Gasteiger partial charge in [0.1, 0.15) is 0 Å². The van der Waals surface area contributed by atoms with Crippen molar-refractivity contribution in [2.24, 2.45) is 5.73 Å². The van der Waals surface area contributed by atoms with E-state index >= 15 is 0 Å². The number of amides is 2. The second-order valence-electron chi connectivity index (χ2n) is 5.16. The van der Waals surface area contributed by atoms with Crippen molar-refractivity contribution in [3.63, 3.8) is 0 Å². The topological polar surface area (TPSA) is 66.6 Å². The number of benzene rings is 1. The second-order valence-corrected chi connectivity index (χ2v) is 5.16. The largest absolute Gasteiger partial charge is 0.326 e. The van der Waals surface area contributed by atoms with Crippen LogP contribution in [0.3, 0.4) is 0 Å². The van der Waals surface area contributed by atoms with E-state index in [2.05, 4.69) is 4.90 Å². The van der Waals surface area contributed by atoms with Crippen molar-refractivity contribution in [3.05, 3.63) is 35.4 Å². The Bertz CT molecular complexity index is 500. The molecule has 20 heavy (non-hydrogen) atoms. The molecule has 5 nitrogen and oxygen atoms in total. The fraction of sp³-hybridized carbons (Fsp3) is 0.429. The molecule has 108 valence electrons. The lowest BCUT2D eigenvalue weighted by atomic mass is 10.1.